The van der Waals surface area contributed by atoms with Gasteiger partial charge < -0.3 is 15.0 Å². The SMILES string of the molecule is CCCN1CCN(CCOC2CCNCC2)CC1. The molecular weight excluding hydrogens is 226 g/mol. The number of nitrogens with one attached hydrogen (secondary N) is 1. The largest absolute Gasteiger partial charge is 0.377 e. The predicted molar refractivity (Wildman–Crippen MR) is 75.0 cm³/mol. The quantitative estimate of drug-likeness (QED) is 0.759. The van der Waals surface area contributed by atoms with Crippen LogP contribution in [0.1, 0.15) is 26.2 Å². The second kappa shape index (κ2) is 8.10. The van der Waals surface area contributed by atoms with Crippen LogP contribution in [0.3, 0.4) is 0 Å². The zero-order chi connectivity index (χ0) is 12.6. The molecule has 0 aliphatic carbocycles. The van der Waals surface area contributed by atoms with Crippen LogP contribution in [0.15, 0.2) is 0 Å². The molecule has 0 saturated carbocycles. The van der Waals surface area contributed by atoms with Crippen LogP contribution in [0.4, 0.5) is 0 Å². The molecule has 0 atom stereocenters. The van der Waals surface area contributed by atoms with Crippen molar-refractivity contribution in [1.29, 1.82) is 0 Å². The van der Waals surface area contributed by atoms with Gasteiger partial charge in [-0.2, -0.15) is 0 Å². The molecule has 0 spiro atoms. The lowest BCUT2D eigenvalue weighted by Crippen LogP contribution is -2.47. The average Bonchev–Trinajstić information content (AvgIpc) is 2.42. The van der Waals surface area contributed by atoms with E-state index in [0.717, 1.165) is 26.2 Å². The Labute approximate surface area is 112 Å². The summed E-state index contributed by atoms with van der Waals surface area (Å²) in [5, 5.41) is 3.38. The topological polar surface area (TPSA) is 27.7 Å². The highest BCUT2D eigenvalue weighted by Gasteiger charge is 2.17. The van der Waals surface area contributed by atoms with Gasteiger partial charge in [0.2, 0.25) is 0 Å². The van der Waals surface area contributed by atoms with Crippen LogP contribution >= 0.6 is 0 Å². The van der Waals surface area contributed by atoms with Crippen LogP contribution in [0.2, 0.25) is 0 Å². The molecule has 2 rings (SSSR count). The summed E-state index contributed by atoms with van der Waals surface area (Å²) in [6, 6.07) is 0. The van der Waals surface area contributed by atoms with Gasteiger partial charge in [-0.15, -0.1) is 0 Å². The third-order valence-electron chi connectivity index (χ3n) is 4.05. The molecule has 0 radical (unpaired) electrons. The minimum Gasteiger partial charge on any atom is -0.377 e. The monoisotopic (exact) mass is 255 g/mol. The Bertz CT molecular complexity index is 211. The minimum absolute atomic E-state index is 0.507. The van der Waals surface area contributed by atoms with Gasteiger partial charge in [0, 0.05) is 32.7 Å². The Morgan fingerprint density at radius 2 is 1.61 bits per heavy atom. The van der Waals surface area contributed by atoms with Gasteiger partial charge in [0.05, 0.1) is 12.7 Å². The van der Waals surface area contributed by atoms with E-state index < -0.39 is 0 Å². The molecule has 2 saturated heterocycles. The van der Waals surface area contributed by atoms with Gasteiger partial charge in [0.25, 0.3) is 0 Å². The summed E-state index contributed by atoms with van der Waals surface area (Å²) in [4.78, 5) is 5.12. The molecule has 0 aromatic rings. The van der Waals surface area contributed by atoms with Crippen LogP contribution in [0.5, 0.6) is 0 Å². The fourth-order valence-electron chi connectivity index (χ4n) is 2.86. The van der Waals surface area contributed by atoms with Gasteiger partial charge in [-0.1, -0.05) is 6.92 Å². The Balaban J connectivity index is 1.52. The van der Waals surface area contributed by atoms with Gasteiger partial charge in [-0.05, 0) is 38.9 Å². The molecule has 18 heavy (non-hydrogen) atoms. The van der Waals surface area contributed by atoms with Crippen molar-refractivity contribution < 1.29 is 4.74 Å². The molecule has 106 valence electrons. The smallest absolute Gasteiger partial charge is 0.0600 e. The van der Waals surface area contributed by atoms with Crippen molar-refractivity contribution in [1.82, 2.24) is 15.1 Å². The van der Waals surface area contributed by atoms with E-state index in [0.29, 0.717) is 6.10 Å². The van der Waals surface area contributed by atoms with E-state index in [1.165, 1.54) is 52.0 Å². The summed E-state index contributed by atoms with van der Waals surface area (Å²) in [5.41, 5.74) is 0. The minimum atomic E-state index is 0.507. The molecule has 4 nitrogen and oxygen atoms in total. The second-order valence-corrected chi connectivity index (χ2v) is 5.50. The second-order valence-electron chi connectivity index (χ2n) is 5.50. The Kier molecular flexibility index (Phi) is 6.41. The molecule has 0 unspecified atom stereocenters. The first-order chi connectivity index (χ1) is 8.88. The molecule has 1 N–H and O–H groups in total. The number of piperidine rings is 1. The zero-order valence-corrected chi connectivity index (χ0v) is 11.9. The van der Waals surface area contributed by atoms with E-state index in [9.17, 15) is 0 Å². The van der Waals surface area contributed by atoms with E-state index in [-0.39, 0.29) is 0 Å². The molecule has 2 aliphatic heterocycles. The molecule has 2 fully saturated rings. The Morgan fingerprint density at radius 3 is 2.22 bits per heavy atom. The fraction of sp³-hybridized carbons (Fsp3) is 1.00. The highest BCUT2D eigenvalue weighted by Crippen LogP contribution is 2.08. The van der Waals surface area contributed by atoms with E-state index in [1.807, 2.05) is 0 Å². The van der Waals surface area contributed by atoms with Crippen LogP contribution in [0, 0.1) is 0 Å². The van der Waals surface area contributed by atoms with Crippen molar-refractivity contribution in [2.45, 2.75) is 32.3 Å². The van der Waals surface area contributed by atoms with Crippen molar-refractivity contribution >= 4 is 0 Å². The first kappa shape index (κ1) is 14.3. The van der Waals surface area contributed by atoms with Crippen LogP contribution in [-0.2, 0) is 4.74 Å². The number of nitrogens with zero attached hydrogens (tertiary/aromatic N) is 2. The van der Waals surface area contributed by atoms with Crippen LogP contribution < -0.4 is 5.32 Å². The maximum atomic E-state index is 5.96. The van der Waals surface area contributed by atoms with Crippen molar-refractivity contribution in [3.05, 3.63) is 0 Å². The van der Waals surface area contributed by atoms with Crippen LogP contribution in [-0.4, -0.2) is 74.9 Å². The number of rotatable bonds is 6. The lowest BCUT2D eigenvalue weighted by atomic mass is 10.1. The lowest BCUT2D eigenvalue weighted by Gasteiger charge is -2.34. The van der Waals surface area contributed by atoms with Crippen LogP contribution in [0.25, 0.3) is 0 Å². The highest BCUT2D eigenvalue weighted by atomic mass is 16.5. The third kappa shape index (κ3) is 4.84. The van der Waals surface area contributed by atoms with Gasteiger partial charge in [-0.3, -0.25) is 4.90 Å². The first-order valence-corrected chi connectivity index (χ1v) is 7.65. The maximum absolute atomic E-state index is 5.96. The maximum Gasteiger partial charge on any atom is 0.0600 e. The zero-order valence-electron chi connectivity index (χ0n) is 11.9. The van der Waals surface area contributed by atoms with Crippen molar-refractivity contribution in [3.63, 3.8) is 0 Å². The summed E-state index contributed by atoms with van der Waals surface area (Å²) >= 11 is 0. The van der Waals surface area contributed by atoms with Gasteiger partial charge in [0.15, 0.2) is 0 Å². The van der Waals surface area contributed by atoms with Crippen molar-refractivity contribution in [2.24, 2.45) is 0 Å². The molecule has 2 aliphatic rings. The van der Waals surface area contributed by atoms with Gasteiger partial charge in [-0.25, -0.2) is 0 Å². The summed E-state index contributed by atoms with van der Waals surface area (Å²) in [5.74, 6) is 0. The summed E-state index contributed by atoms with van der Waals surface area (Å²) in [6.45, 7) is 12.7. The summed E-state index contributed by atoms with van der Waals surface area (Å²) in [6.07, 6.45) is 4.15. The molecule has 0 amide bonds. The number of piperazine rings is 1. The third-order valence-corrected chi connectivity index (χ3v) is 4.05. The average molecular weight is 255 g/mol. The predicted octanol–water partition coefficient (Wildman–Crippen LogP) is 0.783. The number of hydrogen-bond donors (Lipinski definition) is 1. The molecule has 0 bridgehead atoms. The molecule has 0 aromatic heterocycles. The molecule has 4 heteroatoms. The number of hydrogen-bond acceptors (Lipinski definition) is 4. The van der Waals surface area contributed by atoms with Crippen molar-refractivity contribution in [2.75, 3.05) is 59.0 Å². The summed E-state index contributed by atoms with van der Waals surface area (Å²) < 4.78 is 5.96. The first-order valence-electron chi connectivity index (χ1n) is 7.65. The van der Waals surface area contributed by atoms with E-state index in [2.05, 4.69) is 22.0 Å². The van der Waals surface area contributed by atoms with E-state index in [1.54, 1.807) is 0 Å². The fourth-order valence-corrected chi connectivity index (χ4v) is 2.86. The van der Waals surface area contributed by atoms with Gasteiger partial charge >= 0.3 is 0 Å². The highest BCUT2D eigenvalue weighted by molar-refractivity contribution is 4.72. The number of ether oxygens (including phenoxy) is 1. The van der Waals surface area contributed by atoms with E-state index in [4.69, 9.17) is 4.74 Å². The normalized spacial score (nSPS) is 24.5. The standard InChI is InChI=1S/C14H29N3O/c1-2-7-16-8-10-17(11-9-16)12-13-18-14-3-5-15-6-4-14/h14-15H,2-13H2,1H3. The Hall–Kier alpha value is -0.160. The van der Waals surface area contributed by atoms with Gasteiger partial charge in [0.1, 0.15) is 0 Å². The lowest BCUT2D eigenvalue weighted by molar-refractivity contribution is 0.0128. The van der Waals surface area contributed by atoms with E-state index >= 15 is 0 Å². The Morgan fingerprint density at radius 1 is 1.00 bits per heavy atom. The van der Waals surface area contributed by atoms with Crippen molar-refractivity contribution in [3.8, 4) is 0 Å². The molecule has 0 aromatic carbocycles. The molecular formula is C14H29N3O. The summed E-state index contributed by atoms with van der Waals surface area (Å²) in [7, 11) is 0. The molecule has 2 heterocycles.